The van der Waals surface area contributed by atoms with Gasteiger partial charge >= 0.3 is 0 Å². The molecule has 0 aromatic carbocycles. The molecule has 1 amide bonds. The Balaban J connectivity index is 1.70. The largest absolute Gasteiger partial charge is 0.459 e. The fraction of sp³-hybridized carbons (Fsp3) is 0.412. The quantitative estimate of drug-likeness (QED) is 0.407. The maximum Gasteiger partial charge on any atom is 0.287 e. The Morgan fingerprint density at radius 2 is 2.00 bits per heavy atom. The van der Waals surface area contributed by atoms with Crippen molar-refractivity contribution in [1.29, 1.82) is 0 Å². The van der Waals surface area contributed by atoms with E-state index in [1.807, 2.05) is 0 Å². The van der Waals surface area contributed by atoms with Gasteiger partial charge in [-0.3, -0.25) is 9.79 Å². The zero-order chi connectivity index (χ0) is 17.4. The van der Waals surface area contributed by atoms with Crippen molar-refractivity contribution in [3.05, 3.63) is 46.5 Å². The van der Waals surface area contributed by atoms with E-state index in [2.05, 4.69) is 52.3 Å². The molecule has 6 nitrogen and oxygen atoms in total. The maximum absolute atomic E-state index is 11.7. The monoisotopic (exact) mass is 348 g/mol. The lowest BCUT2D eigenvalue weighted by Gasteiger charge is -2.25. The first kappa shape index (κ1) is 18.1. The van der Waals surface area contributed by atoms with E-state index in [-0.39, 0.29) is 11.3 Å². The highest BCUT2D eigenvalue weighted by Gasteiger charge is 2.21. The number of thiophene rings is 1. The summed E-state index contributed by atoms with van der Waals surface area (Å²) in [6.07, 6.45) is 1.48. The standard InChI is InChI=1S/C17H24N4O2S/c1-17(2,14-7-5-11-24-14)12-21-16(18-3)20-9-8-19-15(22)13-6-4-10-23-13/h4-7,10-11H,8-9,12H2,1-3H3,(H,19,22)(H2,18,20,21). The van der Waals surface area contributed by atoms with Crippen LogP contribution in [-0.2, 0) is 5.41 Å². The van der Waals surface area contributed by atoms with Gasteiger partial charge in [-0.1, -0.05) is 19.9 Å². The molecule has 24 heavy (non-hydrogen) atoms. The molecule has 0 bridgehead atoms. The Morgan fingerprint density at radius 1 is 1.21 bits per heavy atom. The Labute approximate surface area is 146 Å². The maximum atomic E-state index is 11.7. The number of carbonyl (C=O) groups is 1. The molecule has 2 aromatic rings. The van der Waals surface area contributed by atoms with Gasteiger partial charge in [-0.25, -0.2) is 0 Å². The predicted octanol–water partition coefficient (Wildman–Crippen LogP) is 2.21. The number of hydrogen-bond donors (Lipinski definition) is 3. The van der Waals surface area contributed by atoms with Gasteiger partial charge in [-0.2, -0.15) is 0 Å². The first-order valence-electron chi connectivity index (χ1n) is 7.83. The molecule has 3 N–H and O–H groups in total. The number of rotatable bonds is 7. The summed E-state index contributed by atoms with van der Waals surface area (Å²) in [4.78, 5) is 17.3. The van der Waals surface area contributed by atoms with Gasteiger partial charge in [-0.05, 0) is 23.6 Å². The molecule has 0 fully saturated rings. The van der Waals surface area contributed by atoms with Crippen LogP contribution in [0.5, 0.6) is 0 Å². The molecule has 0 saturated heterocycles. The summed E-state index contributed by atoms with van der Waals surface area (Å²) in [5.41, 5.74) is 0.0271. The van der Waals surface area contributed by atoms with Crippen LogP contribution < -0.4 is 16.0 Å². The highest BCUT2D eigenvalue weighted by atomic mass is 32.1. The van der Waals surface area contributed by atoms with Gasteiger partial charge in [0.1, 0.15) is 0 Å². The van der Waals surface area contributed by atoms with E-state index in [1.54, 1.807) is 30.5 Å². The van der Waals surface area contributed by atoms with E-state index in [0.29, 0.717) is 24.8 Å². The molecule has 0 aliphatic carbocycles. The third-order valence-corrected chi connectivity index (χ3v) is 4.79. The van der Waals surface area contributed by atoms with Crippen molar-refractivity contribution in [2.45, 2.75) is 19.3 Å². The SMILES string of the molecule is CN=C(NCCNC(=O)c1ccco1)NCC(C)(C)c1cccs1. The molecule has 0 radical (unpaired) electrons. The van der Waals surface area contributed by atoms with Gasteiger partial charge in [0.15, 0.2) is 11.7 Å². The number of guanidine groups is 1. The van der Waals surface area contributed by atoms with Crippen molar-refractivity contribution in [3.8, 4) is 0 Å². The minimum Gasteiger partial charge on any atom is -0.459 e. The summed E-state index contributed by atoms with van der Waals surface area (Å²) < 4.78 is 5.04. The summed E-state index contributed by atoms with van der Waals surface area (Å²) in [6.45, 7) is 6.22. The highest BCUT2D eigenvalue weighted by Crippen LogP contribution is 2.26. The second-order valence-corrected chi connectivity index (χ2v) is 6.89. The number of hydrogen-bond acceptors (Lipinski definition) is 4. The third kappa shape index (κ3) is 5.13. The van der Waals surface area contributed by atoms with Crippen molar-refractivity contribution in [2.75, 3.05) is 26.7 Å². The van der Waals surface area contributed by atoms with Crippen LogP contribution in [0.1, 0.15) is 29.3 Å². The van der Waals surface area contributed by atoms with E-state index in [0.717, 1.165) is 6.54 Å². The van der Waals surface area contributed by atoms with Crippen LogP contribution in [-0.4, -0.2) is 38.5 Å². The Bertz CT molecular complexity index is 648. The Morgan fingerprint density at radius 3 is 2.62 bits per heavy atom. The van der Waals surface area contributed by atoms with Crippen molar-refractivity contribution >= 4 is 23.2 Å². The van der Waals surface area contributed by atoms with Gasteiger partial charge in [0.05, 0.1) is 6.26 Å². The van der Waals surface area contributed by atoms with Crippen LogP contribution in [0.4, 0.5) is 0 Å². The lowest BCUT2D eigenvalue weighted by Crippen LogP contribution is -2.45. The van der Waals surface area contributed by atoms with Crippen molar-refractivity contribution in [1.82, 2.24) is 16.0 Å². The molecule has 0 unspecified atom stereocenters. The third-order valence-electron chi connectivity index (χ3n) is 3.56. The van der Waals surface area contributed by atoms with Crippen LogP contribution >= 0.6 is 11.3 Å². The van der Waals surface area contributed by atoms with Gasteiger partial charge in [0.25, 0.3) is 5.91 Å². The molecule has 0 atom stereocenters. The Kier molecular flexibility index (Phi) is 6.43. The fourth-order valence-electron chi connectivity index (χ4n) is 2.13. The number of nitrogens with one attached hydrogen (secondary N) is 3. The van der Waals surface area contributed by atoms with Crippen molar-refractivity contribution < 1.29 is 9.21 Å². The molecular weight excluding hydrogens is 324 g/mol. The van der Waals surface area contributed by atoms with Gasteiger partial charge in [0, 0.05) is 37.0 Å². The molecule has 2 rings (SSSR count). The molecule has 130 valence electrons. The number of furan rings is 1. The zero-order valence-electron chi connectivity index (χ0n) is 14.3. The topological polar surface area (TPSA) is 78.7 Å². The lowest BCUT2D eigenvalue weighted by atomic mass is 9.91. The van der Waals surface area contributed by atoms with Gasteiger partial charge in [0.2, 0.25) is 0 Å². The summed E-state index contributed by atoms with van der Waals surface area (Å²) in [5, 5.41) is 11.4. The number of aliphatic imine (C=N–C) groups is 1. The normalized spacial score (nSPS) is 12.0. The minimum absolute atomic E-state index is 0.0271. The van der Waals surface area contributed by atoms with E-state index >= 15 is 0 Å². The molecular formula is C17H24N4O2S. The number of nitrogens with zero attached hydrogens (tertiary/aromatic N) is 1. The molecule has 2 aromatic heterocycles. The first-order chi connectivity index (χ1) is 11.5. The summed E-state index contributed by atoms with van der Waals surface area (Å²) in [6, 6.07) is 7.54. The van der Waals surface area contributed by atoms with Gasteiger partial charge < -0.3 is 20.4 Å². The fourth-order valence-corrected chi connectivity index (χ4v) is 2.98. The predicted molar refractivity (Wildman–Crippen MR) is 97.8 cm³/mol. The molecule has 0 spiro atoms. The van der Waals surface area contributed by atoms with E-state index in [1.165, 1.54) is 11.1 Å². The van der Waals surface area contributed by atoms with Crippen molar-refractivity contribution in [3.63, 3.8) is 0 Å². The summed E-state index contributed by atoms with van der Waals surface area (Å²) in [5.74, 6) is 0.811. The van der Waals surface area contributed by atoms with E-state index in [4.69, 9.17) is 4.42 Å². The average Bonchev–Trinajstić information content (AvgIpc) is 3.27. The highest BCUT2D eigenvalue weighted by molar-refractivity contribution is 7.10. The lowest BCUT2D eigenvalue weighted by molar-refractivity contribution is 0.0926. The van der Waals surface area contributed by atoms with Gasteiger partial charge in [-0.15, -0.1) is 11.3 Å². The summed E-state index contributed by atoms with van der Waals surface area (Å²) in [7, 11) is 1.73. The summed E-state index contributed by atoms with van der Waals surface area (Å²) >= 11 is 1.76. The van der Waals surface area contributed by atoms with Crippen molar-refractivity contribution in [2.24, 2.45) is 4.99 Å². The smallest absolute Gasteiger partial charge is 0.287 e. The molecule has 0 saturated carbocycles. The number of amides is 1. The van der Waals surface area contributed by atoms with Crippen LogP contribution in [0.25, 0.3) is 0 Å². The molecule has 0 aliphatic heterocycles. The second kappa shape index (κ2) is 8.54. The van der Waals surface area contributed by atoms with E-state index < -0.39 is 0 Å². The Hall–Kier alpha value is -2.28. The van der Waals surface area contributed by atoms with Crippen LogP contribution in [0.3, 0.4) is 0 Å². The minimum atomic E-state index is -0.219. The first-order valence-corrected chi connectivity index (χ1v) is 8.71. The van der Waals surface area contributed by atoms with Crippen LogP contribution in [0.15, 0.2) is 45.3 Å². The van der Waals surface area contributed by atoms with Crippen LogP contribution in [0, 0.1) is 0 Å². The zero-order valence-corrected chi connectivity index (χ0v) is 15.1. The number of carbonyl (C=O) groups excluding carboxylic acids is 1. The van der Waals surface area contributed by atoms with Crippen LogP contribution in [0.2, 0.25) is 0 Å². The molecule has 0 aliphatic rings. The molecule has 7 heteroatoms. The molecule has 2 heterocycles. The second-order valence-electron chi connectivity index (χ2n) is 5.95. The van der Waals surface area contributed by atoms with E-state index in [9.17, 15) is 4.79 Å². The average molecular weight is 348 g/mol.